The molecule has 0 amide bonds. The highest BCUT2D eigenvalue weighted by atomic mass is 19.4. The fourth-order valence-corrected chi connectivity index (χ4v) is 2.70. The molecular weight excluding hydrogens is 355 g/mol. The average molecular weight is 375 g/mol. The van der Waals surface area contributed by atoms with Gasteiger partial charge in [-0.05, 0) is 55.7 Å². The van der Waals surface area contributed by atoms with Crippen molar-refractivity contribution in [1.29, 1.82) is 0 Å². The number of hydrogen-bond acceptors (Lipinski definition) is 4. The molecule has 27 heavy (non-hydrogen) atoms. The fraction of sp³-hybridized carbons (Fsp3) is 0.300. The van der Waals surface area contributed by atoms with E-state index in [1.165, 1.54) is 13.0 Å². The molecule has 1 heterocycles. The molecule has 0 radical (unpaired) electrons. The molecule has 4 nitrogen and oxygen atoms in total. The van der Waals surface area contributed by atoms with Crippen LogP contribution in [-0.2, 0) is 6.18 Å². The molecule has 2 aromatic carbocycles. The van der Waals surface area contributed by atoms with Crippen molar-refractivity contribution in [2.45, 2.75) is 33.4 Å². The van der Waals surface area contributed by atoms with Crippen molar-refractivity contribution in [3.05, 3.63) is 53.1 Å². The van der Waals surface area contributed by atoms with E-state index in [2.05, 4.69) is 22.2 Å². The molecule has 0 unspecified atom stereocenters. The zero-order valence-electron chi connectivity index (χ0n) is 15.3. The molecule has 0 saturated carbocycles. The van der Waals surface area contributed by atoms with Crippen LogP contribution in [0.2, 0.25) is 0 Å². The molecule has 0 bridgehead atoms. The van der Waals surface area contributed by atoms with Crippen molar-refractivity contribution < 1.29 is 17.6 Å². The Morgan fingerprint density at radius 1 is 1.19 bits per heavy atom. The summed E-state index contributed by atoms with van der Waals surface area (Å²) in [4.78, 5) is 8.75. The van der Waals surface area contributed by atoms with Crippen LogP contribution in [0, 0.1) is 6.92 Å². The number of oxazole rings is 1. The zero-order valence-corrected chi connectivity index (χ0v) is 15.3. The topological polar surface area (TPSA) is 50.4 Å². The van der Waals surface area contributed by atoms with Crippen LogP contribution in [0.4, 0.5) is 24.9 Å². The first kappa shape index (κ1) is 18.9. The highest BCUT2D eigenvalue weighted by molar-refractivity contribution is 6.01. The average Bonchev–Trinajstić information content (AvgIpc) is 3.01. The predicted molar refractivity (Wildman–Crippen MR) is 101 cm³/mol. The maximum atomic E-state index is 13.1. The maximum absolute atomic E-state index is 13.1. The molecule has 1 aromatic heterocycles. The van der Waals surface area contributed by atoms with E-state index in [0.717, 1.165) is 30.3 Å². The second-order valence-electron chi connectivity index (χ2n) is 6.32. The van der Waals surface area contributed by atoms with Gasteiger partial charge in [-0.2, -0.15) is 18.2 Å². The van der Waals surface area contributed by atoms with Gasteiger partial charge in [-0.25, -0.2) is 0 Å². The van der Waals surface area contributed by atoms with Gasteiger partial charge in [-0.3, -0.25) is 4.99 Å². The summed E-state index contributed by atoms with van der Waals surface area (Å²) in [6.45, 7) is 6.17. The largest absolute Gasteiger partial charge is 0.423 e. The number of nitrogens with one attached hydrogen (secondary N) is 1. The number of alkyl halides is 3. The minimum atomic E-state index is -4.41. The van der Waals surface area contributed by atoms with E-state index in [1.807, 2.05) is 19.1 Å². The number of aryl methyl sites for hydroxylation is 1. The van der Waals surface area contributed by atoms with Crippen LogP contribution in [0.15, 0.2) is 45.8 Å². The van der Waals surface area contributed by atoms with Crippen molar-refractivity contribution in [3.63, 3.8) is 0 Å². The second kappa shape index (κ2) is 7.42. The molecule has 0 saturated heterocycles. The third-order valence-electron chi connectivity index (χ3n) is 4.17. The lowest BCUT2D eigenvalue weighted by Crippen LogP contribution is -2.08. The van der Waals surface area contributed by atoms with E-state index in [9.17, 15) is 13.2 Å². The van der Waals surface area contributed by atoms with Crippen LogP contribution in [0.3, 0.4) is 0 Å². The molecule has 3 rings (SSSR count). The molecule has 0 aliphatic carbocycles. The van der Waals surface area contributed by atoms with E-state index < -0.39 is 11.7 Å². The Kier molecular flexibility index (Phi) is 5.21. The highest BCUT2D eigenvalue weighted by Crippen LogP contribution is 2.34. The summed E-state index contributed by atoms with van der Waals surface area (Å²) < 4.78 is 44.9. The molecule has 0 aliphatic rings. The van der Waals surface area contributed by atoms with Gasteiger partial charge in [-0.1, -0.05) is 19.1 Å². The maximum Gasteiger partial charge on any atom is 0.416 e. The number of anilines is 2. The highest BCUT2D eigenvalue weighted by Gasteiger charge is 2.32. The second-order valence-corrected chi connectivity index (χ2v) is 6.32. The quantitative estimate of drug-likeness (QED) is 0.547. The number of aliphatic imine (C=N–C) groups is 1. The van der Waals surface area contributed by atoms with Gasteiger partial charge in [0, 0.05) is 17.9 Å². The standard InChI is InChI=1S/C20H20F3N3O/c1-4-9-24-13(3)14-6-8-17-18(10-14)27-19(26-17)25-15-7-5-12(2)16(11-15)20(21,22)23/h5-8,10-11H,4,9H2,1-3H3,(H,25,26). The Labute approximate surface area is 155 Å². The summed E-state index contributed by atoms with van der Waals surface area (Å²) in [6, 6.07) is 9.71. The van der Waals surface area contributed by atoms with Crippen LogP contribution in [0.1, 0.15) is 37.0 Å². The van der Waals surface area contributed by atoms with E-state index >= 15 is 0 Å². The van der Waals surface area contributed by atoms with E-state index in [1.54, 1.807) is 12.1 Å². The molecule has 7 heteroatoms. The van der Waals surface area contributed by atoms with Crippen molar-refractivity contribution in [1.82, 2.24) is 4.98 Å². The minimum absolute atomic E-state index is 0.141. The van der Waals surface area contributed by atoms with Gasteiger partial charge in [0.1, 0.15) is 5.52 Å². The normalized spacial score (nSPS) is 12.6. The summed E-state index contributed by atoms with van der Waals surface area (Å²) in [5, 5.41) is 2.81. The van der Waals surface area contributed by atoms with Crippen molar-refractivity contribution in [2.75, 3.05) is 11.9 Å². The molecule has 0 atom stereocenters. The third kappa shape index (κ3) is 4.30. The Hall–Kier alpha value is -2.83. The van der Waals surface area contributed by atoms with Crippen molar-refractivity contribution >= 4 is 28.5 Å². The van der Waals surface area contributed by atoms with Crippen LogP contribution in [0.5, 0.6) is 0 Å². The lowest BCUT2D eigenvalue weighted by molar-refractivity contribution is -0.138. The van der Waals surface area contributed by atoms with Crippen molar-refractivity contribution in [3.8, 4) is 0 Å². The summed E-state index contributed by atoms with van der Waals surface area (Å²) in [5.41, 5.74) is 2.73. The Morgan fingerprint density at radius 2 is 1.96 bits per heavy atom. The van der Waals surface area contributed by atoms with E-state index in [0.29, 0.717) is 11.1 Å². The molecule has 1 N–H and O–H groups in total. The Balaban J connectivity index is 1.88. The summed E-state index contributed by atoms with van der Waals surface area (Å²) in [7, 11) is 0. The predicted octanol–water partition coefficient (Wildman–Crippen LogP) is 6.12. The lowest BCUT2D eigenvalue weighted by atomic mass is 10.1. The zero-order chi connectivity index (χ0) is 19.6. The third-order valence-corrected chi connectivity index (χ3v) is 4.17. The summed E-state index contributed by atoms with van der Waals surface area (Å²) in [6.07, 6.45) is -3.44. The molecule has 0 spiro atoms. The SMILES string of the molecule is CCCN=C(C)c1ccc2nc(Nc3ccc(C)c(C(F)(F)F)c3)oc2c1. The monoisotopic (exact) mass is 375 g/mol. The first-order valence-corrected chi connectivity index (χ1v) is 8.65. The van der Waals surface area contributed by atoms with Gasteiger partial charge in [-0.15, -0.1) is 0 Å². The van der Waals surface area contributed by atoms with Crippen LogP contribution in [0.25, 0.3) is 11.1 Å². The molecule has 142 valence electrons. The van der Waals surface area contributed by atoms with E-state index in [4.69, 9.17) is 4.42 Å². The minimum Gasteiger partial charge on any atom is -0.423 e. The van der Waals surface area contributed by atoms with Gasteiger partial charge < -0.3 is 9.73 Å². The van der Waals surface area contributed by atoms with Crippen molar-refractivity contribution in [2.24, 2.45) is 4.99 Å². The first-order valence-electron chi connectivity index (χ1n) is 8.65. The number of benzene rings is 2. The van der Waals surface area contributed by atoms with Gasteiger partial charge in [0.05, 0.1) is 5.56 Å². The summed E-state index contributed by atoms with van der Waals surface area (Å²) >= 11 is 0. The molecule has 0 fully saturated rings. The van der Waals surface area contributed by atoms with Gasteiger partial charge >= 0.3 is 6.18 Å². The molecule has 0 aliphatic heterocycles. The number of fused-ring (bicyclic) bond motifs is 1. The Morgan fingerprint density at radius 3 is 2.67 bits per heavy atom. The fourth-order valence-electron chi connectivity index (χ4n) is 2.70. The lowest BCUT2D eigenvalue weighted by Gasteiger charge is -2.12. The van der Waals surface area contributed by atoms with Crippen LogP contribution >= 0.6 is 0 Å². The van der Waals surface area contributed by atoms with Crippen LogP contribution < -0.4 is 5.32 Å². The van der Waals surface area contributed by atoms with Gasteiger partial charge in [0.15, 0.2) is 5.58 Å². The van der Waals surface area contributed by atoms with Gasteiger partial charge in [0.25, 0.3) is 6.01 Å². The molecule has 3 aromatic rings. The Bertz CT molecular complexity index is 990. The number of rotatable bonds is 5. The first-order chi connectivity index (χ1) is 12.8. The van der Waals surface area contributed by atoms with Crippen LogP contribution in [-0.4, -0.2) is 17.2 Å². The molecular formula is C20H20F3N3O. The van der Waals surface area contributed by atoms with Gasteiger partial charge in [0.2, 0.25) is 0 Å². The summed E-state index contributed by atoms with van der Waals surface area (Å²) in [5.74, 6) is 0. The smallest absolute Gasteiger partial charge is 0.416 e. The number of aromatic nitrogens is 1. The number of halogens is 3. The van der Waals surface area contributed by atoms with E-state index in [-0.39, 0.29) is 17.3 Å². The number of nitrogens with zero attached hydrogens (tertiary/aromatic N) is 2. The number of hydrogen-bond donors (Lipinski definition) is 1.